The summed E-state index contributed by atoms with van der Waals surface area (Å²) in [4.78, 5) is 0. The van der Waals surface area contributed by atoms with Gasteiger partial charge in [0.1, 0.15) is 13.2 Å². The van der Waals surface area contributed by atoms with Crippen LogP contribution in [-0.2, 0) is 0 Å². The Morgan fingerprint density at radius 1 is 1.11 bits per heavy atom. The quantitative estimate of drug-likeness (QED) is 0.649. The molecular weight excluding hydrogens is 240 g/mol. The Balaban J connectivity index is 1.90. The van der Waals surface area contributed by atoms with Crippen molar-refractivity contribution in [3.05, 3.63) is 23.8 Å². The first-order valence-electron chi connectivity index (χ1n) is 7.25. The van der Waals surface area contributed by atoms with Gasteiger partial charge in [-0.15, -0.1) is 0 Å². The summed E-state index contributed by atoms with van der Waals surface area (Å²) in [5, 5.41) is 0. The number of hydrogen-bond acceptors (Lipinski definition) is 4. The van der Waals surface area contributed by atoms with Crippen LogP contribution in [0.25, 0.3) is 0 Å². The van der Waals surface area contributed by atoms with Gasteiger partial charge in [-0.1, -0.05) is 31.4 Å². The Morgan fingerprint density at radius 2 is 1.89 bits per heavy atom. The van der Waals surface area contributed by atoms with E-state index in [1.165, 1.54) is 32.1 Å². The predicted octanol–water partition coefficient (Wildman–Crippen LogP) is 2.54. The number of nitrogens with two attached hydrogens (primary N) is 1. The lowest BCUT2D eigenvalue weighted by Gasteiger charge is -2.32. The molecule has 1 saturated carbocycles. The van der Waals surface area contributed by atoms with Crippen molar-refractivity contribution in [3.63, 3.8) is 0 Å². The Labute approximate surface area is 114 Å². The molecule has 1 aliphatic heterocycles. The Hall–Kier alpha value is -1.26. The lowest BCUT2D eigenvalue weighted by atomic mass is 9.81. The summed E-state index contributed by atoms with van der Waals surface area (Å²) in [6.07, 6.45) is 6.42. The molecule has 4 heteroatoms. The second-order valence-electron chi connectivity index (χ2n) is 5.41. The van der Waals surface area contributed by atoms with Crippen molar-refractivity contribution >= 4 is 0 Å². The van der Waals surface area contributed by atoms with Crippen molar-refractivity contribution in [3.8, 4) is 11.5 Å². The van der Waals surface area contributed by atoms with E-state index < -0.39 is 0 Å². The second kappa shape index (κ2) is 5.80. The molecule has 1 heterocycles. The van der Waals surface area contributed by atoms with E-state index in [1.54, 1.807) is 0 Å². The Kier molecular flexibility index (Phi) is 3.89. The van der Waals surface area contributed by atoms with Crippen LogP contribution in [0.1, 0.15) is 43.7 Å². The summed E-state index contributed by atoms with van der Waals surface area (Å²) in [5.74, 6) is 8.14. The van der Waals surface area contributed by atoms with Crippen molar-refractivity contribution in [1.29, 1.82) is 0 Å². The van der Waals surface area contributed by atoms with Gasteiger partial charge in [0.05, 0.1) is 6.04 Å². The fourth-order valence-electron chi connectivity index (χ4n) is 3.29. The lowest BCUT2D eigenvalue weighted by Crippen LogP contribution is -2.35. The van der Waals surface area contributed by atoms with Crippen molar-refractivity contribution in [2.24, 2.45) is 11.8 Å². The highest BCUT2D eigenvalue weighted by Crippen LogP contribution is 2.42. The summed E-state index contributed by atoms with van der Waals surface area (Å²) in [6, 6.07) is 6.26. The molecule has 0 bridgehead atoms. The zero-order valence-corrected chi connectivity index (χ0v) is 11.2. The van der Waals surface area contributed by atoms with Crippen LogP contribution in [0.5, 0.6) is 11.5 Å². The van der Waals surface area contributed by atoms with Gasteiger partial charge in [0.25, 0.3) is 0 Å². The Bertz CT molecular complexity index is 430. The van der Waals surface area contributed by atoms with Crippen LogP contribution in [0.15, 0.2) is 18.2 Å². The molecule has 3 N–H and O–H groups in total. The van der Waals surface area contributed by atoms with Crippen LogP contribution in [-0.4, -0.2) is 13.2 Å². The van der Waals surface area contributed by atoms with Crippen molar-refractivity contribution < 1.29 is 9.47 Å². The maximum atomic E-state index is 5.82. The second-order valence-corrected chi connectivity index (χ2v) is 5.41. The van der Waals surface area contributed by atoms with E-state index in [0.717, 1.165) is 17.1 Å². The highest BCUT2D eigenvalue weighted by atomic mass is 16.6. The van der Waals surface area contributed by atoms with E-state index in [0.29, 0.717) is 19.1 Å². The molecule has 4 nitrogen and oxygen atoms in total. The summed E-state index contributed by atoms with van der Waals surface area (Å²) in [5.41, 5.74) is 4.15. The van der Waals surface area contributed by atoms with E-state index in [-0.39, 0.29) is 6.04 Å². The molecule has 0 radical (unpaired) electrons. The Morgan fingerprint density at radius 3 is 2.68 bits per heavy atom. The molecule has 0 saturated heterocycles. The van der Waals surface area contributed by atoms with Gasteiger partial charge in [-0.2, -0.15) is 0 Å². The number of ether oxygens (including phenoxy) is 2. The van der Waals surface area contributed by atoms with E-state index in [9.17, 15) is 0 Å². The summed E-state index contributed by atoms with van der Waals surface area (Å²) >= 11 is 0. The van der Waals surface area contributed by atoms with Crippen molar-refractivity contribution in [2.45, 2.75) is 38.1 Å². The molecule has 2 aliphatic rings. The van der Waals surface area contributed by atoms with Crippen LogP contribution >= 0.6 is 0 Å². The first kappa shape index (κ1) is 12.8. The summed E-state index contributed by atoms with van der Waals surface area (Å²) < 4.78 is 11.5. The van der Waals surface area contributed by atoms with Crippen molar-refractivity contribution in [2.75, 3.05) is 13.2 Å². The van der Waals surface area contributed by atoms with Gasteiger partial charge >= 0.3 is 0 Å². The van der Waals surface area contributed by atoms with Gasteiger partial charge in [0.15, 0.2) is 11.5 Å². The third-order valence-electron chi connectivity index (χ3n) is 4.23. The number of rotatable bonds is 3. The summed E-state index contributed by atoms with van der Waals surface area (Å²) in [6.45, 7) is 1.24. The number of para-hydroxylation sites is 1. The summed E-state index contributed by atoms with van der Waals surface area (Å²) in [7, 11) is 0. The zero-order chi connectivity index (χ0) is 13.1. The number of nitrogens with one attached hydrogen (secondary N) is 1. The smallest absolute Gasteiger partial charge is 0.166 e. The largest absolute Gasteiger partial charge is 0.486 e. The van der Waals surface area contributed by atoms with Crippen LogP contribution in [0, 0.1) is 5.92 Å². The monoisotopic (exact) mass is 262 g/mol. The third kappa shape index (κ3) is 2.55. The number of benzene rings is 1. The molecule has 1 aromatic rings. The zero-order valence-electron chi connectivity index (χ0n) is 11.2. The van der Waals surface area contributed by atoms with Gasteiger partial charge in [0, 0.05) is 5.56 Å². The molecule has 1 fully saturated rings. The standard InChI is InChI=1S/C15H22N2O2/c16-17-14(11-5-2-1-3-6-11)12-7-4-8-13-15(12)19-10-9-18-13/h4,7-8,11,14,17H,1-3,5-6,9-10,16H2. The molecule has 1 aromatic carbocycles. The first-order chi connectivity index (χ1) is 9.40. The molecule has 1 aliphatic carbocycles. The topological polar surface area (TPSA) is 56.5 Å². The lowest BCUT2D eigenvalue weighted by molar-refractivity contribution is 0.165. The van der Waals surface area contributed by atoms with E-state index in [1.807, 2.05) is 12.1 Å². The maximum absolute atomic E-state index is 5.82. The minimum Gasteiger partial charge on any atom is -0.486 e. The predicted molar refractivity (Wildman–Crippen MR) is 74.1 cm³/mol. The number of fused-ring (bicyclic) bond motifs is 1. The minimum absolute atomic E-state index is 0.164. The molecular formula is C15H22N2O2. The average molecular weight is 262 g/mol. The SMILES string of the molecule is NNC(c1cccc2c1OCCO2)C1CCCCC1. The molecule has 0 aromatic heterocycles. The van der Waals surface area contributed by atoms with Crippen molar-refractivity contribution in [1.82, 2.24) is 5.43 Å². The first-order valence-corrected chi connectivity index (χ1v) is 7.25. The molecule has 1 atom stereocenters. The van der Waals surface area contributed by atoms with Gasteiger partial charge in [-0.05, 0) is 24.8 Å². The molecule has 0 amide bonds. The van der Waals surface area contributed by atoms with Crippen LogP contribution in [0.3, 0.4) is 0 Å². The molecule has 1 unspecified atom stereocenters. The van der Waals surface area contributed by atoms with Crippen LogP contribution in [0.4, 0.5) is 0 Å². The fraction of sp³-hybridized carbons (Fsp3) is 0.600. The molecule has 0 spiro atoms. The van der Waals surface area contributed by atoms with E-state index in [4.69, 9.17) is 15.3 Å². The highest BCUT2D eigenvalue weighted by Gasteiger charge is 2.28. The third-order valence-corrected chi connectivity index (χ3v) is 4.23. The van der Waals surface area contributed by atoms with Crippen LogP contribution in [0.2, 0.25) is 0 Å². The molecule has 104 valence electrons. The number of hydrazine groups is 1. The average Bonchev–Trinajstić information content (AvgIpc) is 2.49. The van der Waals surface area contributed by atoms with Crippen LogP contribution < -0.4 is 20.7 Å². The molecule has 3 rings (SSSR count). The minimum atomic E-state index is 0.164. The van der Waals surface area contributed by atoms with Gasteiger partial charge in [-0.3, -0.25) is 11.3 Å². The fourth-order valence-corrected chi connectivity index (χ4v) is 3.29. The van der Waals surface area contributed by atoms with Gasteiger partial charge < -0.3 is 9.47 Å². The molecule has 19 heavy (non-hydrogen) atoms. The van der Waals surface area contributed by atoms with E-state index >= 15 is 0 Å². The normalized spacial score (nSPS) is 21.1. The maximum Gasteiger partial charge on any atom is 0.166 e. The van der Waals surface area contributed by atoms with E-state index in [2.05, 4.69) is 11.5 Å². The number of hydrogen-bond donors (Lipinski definition) is 2. The van der Waals surface area contributed by atoms with Gasteiger partial charge in [0.2, 0.25) is 0 Å². The highest BCUT2D eigenvalue weighted by molar-refractivity contribution is 5.49. The van der Waals surface area contributed by atoms with Gasteiger partial charge in [-0.25, -0.2) is 0 Å².